The number of aryl methyl sites for hydroxylation is 2. The van der Waals surface area contributed by atoms with Crippen LogP contribution < -0.4 is 0 Å². The third kappa shape index (κ3) is 3.70. The highest BCUT2D eigenvalue weighted by atomic mass is 32.2. The highest BCUT2D eigenvalue weighted by Gasteiger charge is 2.45. The quantitative estimate of drug-likeness (QED) is 0.766. The molecular weight excluding hydrogens is 377 g/mol. The average Bonchev–Trinajstić information content (AvgIpc) is 2.64. The first-order valence-electron chi connectivity index (χ1n) is 9.49. The first-order valence-corrected chi connectivity index (χ1v) is 11.3. The van der Waals surface area contributed by atoms with Crippen LogP contribution in [-0.4, -0.2) is 42.0 Å². The van der Waals surface area contributed by atoms with E-state index in [2.05, 4.69) is 16.9 Å². The Hall–Kier alpha value is -1.86. The van der Waals surface area contributed by atoms with Crippen LogP contribution in [0.3, 0.4) is 0 Å². The van der Waals surface area contributed by atoms with Crippen molar-refractivity contribution in [1.29, 1.82) is 0 Å². The van der Waals surface area contributed by atoms with Crippen LogP contribution in [0.2, 0.25) is 0 Å². The summed E-state index contributed by atoms with van der Waals surface area (Å²) < 4.78 is 39.6. The summed E-state index contributed by atoms with van der Waals surface area (Å²) in [6.07, 6.45) is 4.64. The van der Waals surface area contributed by atoms with Gasteiger partial charge in [0.1, 0.15) is 12.1 Å². The van der Waals surface area contributed by atoms with Crippen molar-refractivity contribution in [2.45, 2.75) is 38.5 Å². The van der Waals surface area contributed by atoms with E-state index in [0.717, 1.165) is 22.5 Å². The van der Waals surface area contributed by atoms with Crippen LogP contribution in [0.1, 0.15) is 41.8 Å². The largest absolute Gasteiger partial charge is 0.241 e. The van der Waals surface area contributed by atoms with Gasteiger partial charge in [-0.15, -0.1) is 0 Å². The normalized spacial score (nSPS) is 18.8. The molecule has 1 radical (unpaired) electrons. The van der Waals surface area contributed by atoms with Gasteiger partial charge in [0.05, 0.1) is 6.26 Å². The molecule has 1 aromatic heterocycles. The lowest BCUT2D eigenvalue weighted by Gasteiger charge is -2.45. The van der Waals surface area contributed by atoms with Gasteiger partial charge in [0.15, 0.2) is 0 Å². The van der Waals surface area contributed by atoms with Gasteiger partial charge < -0.3 is 0 Å². The van der Waals surface area contributed by atoms with Crippen molar-refractivity contribution in [3.8, 4) is 0 Å². The van der Waals surface area contributed by atoms with Gasteiger partial charge in [0.25, 0.3) is 0 Å². The van der Waals surface area contributed by atoms with Gasteiger partial charge in [-0.05, 0) is 56.7 Å². The fourth-order valence-corrected chi connectivity index (χ4v) is 5.62. The van der Waals surface area contributed by atoms with Gasteiger partial charge in [0, 0.05) is 35.5 Å². The van der Waals surface area contributed by atoms with E-state index in [-0.39, 0.29) is 11.7 Å². The number of nitrogens with zero attached hydrogens (tertiary/aromatic N) is 3. The van der Waals surface area contributed by atoms with Gasteiger partial charge >= 0.3 is 0 Å². The monoisotopic (exact) mass is 404 g/mol. The second-order valence-electron chi connectivity index (χ2n) is 7.59. The Morgan fingerprint density at radius 3 is 2.32 bits per heavy atom. The second kappa shape index (κ2) is 7.87. The highest BCUT2D eigenvalue weighted by molar-refractivity contribution is 7.88. The van der Waals surface area contributed by atoms with E-state index < -0.39 is 15.4 Å². The van der Waals surface area contributed by atoms with E-state index in [1.165, 1.54) is 16.6 Å². The molecule has 2 aromatic rings. The molecule has 7 heteroatoms. The Morgan fingerprint density at radius 2 is 1.82 bits per heavy atom. The molecule has 3 rings (SSSR count). The zero-order valence-electron chi connectivity index (χ0n) is 16.7. The van der Waals surface area contributed by atoms with Gasteiger partial charge in [-0.2, -0.15) is 0 Å². The molecule has 1 aliphatic rings. The summed E-state index contributed by atoms with van der Waals surface area (Å²) in [7, 11) is -3.22. The molecule has 0 spiro atoms. The molecule has 2 heterocycles. The second-order valence-corrected chi connectivity index (χ2v) is 9.57. The standard InChI is InChI=1S/C21H27FN3O2S/c1-5-21(18-7-6-8-19(22)13-18,20-15(2)23-14-24-16(20)3)17-9-11-25(12-10-17)28(4,26)27/h6-8,13-14,17H,1,5,9-12H2,2-4H3/t21-/m1/s1. The molecule has 0 unspecified atom stereocenters. The lowest BCUT2D eigenvalue weighted by Crippen LogP contribution is -2.46. The van der Waals surface area contributed by atoms with Crippen LogP contribution in [0, 0.1) is 32.5 Å². The van der Waals surface area contributed by atoms with Crippen LogP contribution >= 0.6 is 0 Å². The lowest BCUT2D eigenvalue weighted by atomic mass is 9.60. The van der Waals surface area contributed by atoms with Crippen LogP contribution in [-0.2, 0) is 15.4 Å². The average molecular weight is 405 g/mol. The molecule has 0 aliphatic carbocycles. The molecule has 5 nitrogen and oxygen atoms in total. The molecule has 1 aliphatic heterocycles. The molecule has 0 saturated carbocycles. The Labute approximate surface area is 167 Å². The topological polar surface area (TPSA) is 63.2 Å². The van der Waals surface area contributed by atoms with Crippen molar-refractivity contribution < 1.29 is 12.8 Å². The van der Waals surface area contributed by atoms with Gasteiger partial charge in [-0.3, -0.25) is 0 Å². The summed E-state index contributed by atoms with van der Waals surface area (Å²) in [5, 5.41) is 0. The number of hydrogen-bond acceptors (Lipinski definition) is 4. The third-order valence-electron chi connectivity index (χ3n) is 6.03. The van der Waals surface area contributed by atoms with Gasteiger partial charge in [-0.25, -0.2) is 27.1 Å². The summed E-state index contributed by atoms with van der Waals surface area (Å²) in [6.45, 7) is 9.05. The SMILES string of the molecule is [CH2]C[C@@](c1cccc(F)c1)(c1c(C)ncnc1C)C1CCN(S(C)(=O)=O)CC1. The fraction of sp³-hybridized carbons (Fsp3) is 0.476. The number of rotatable bonds is 5. The summed E-state index contributed by atoms with van der Waals surface area (Å²) in [4.78, 5) is 8.82. The maximum absolute atomic E-state index is 14.2. The van der Waals surface area contributed by atoms with Crippen LogP contribution in [0.4, 0.5) is 4.39 Å². The fourth-order valence-electron chi connectivity index (χ4n) is 4.74. The maximum atomic E-state index is 14.2. The maximum Gasteiger partial charge on any atom is 0.211 e. The Bertz CT molecular complexity index is 936. The van der Waals surface area contributed by atoms with Crippen LogP contribution in [0.5, 0.6) is 0 Å². The zero-order chi connectivity index (χ0) is 20.5. The van der Waals surface area contributed by atoms with Crippen molar-refractivity contribution in [3.63, 3.8) is 0 Å². The molecule has 28 heavy (non-hydrogen) atoms. The summed E-state index contributed by atoms with van der Waals surface area (Å²) in [5.41, 5.74) is 2.97. The lowest BCUT2D eigenvalue weighted by molar-refractivity contribution is 0.198. The molecule has 1 fully saturated rings. The minimum atomic E-state index is -3.22. The third-order valence-corrected chi connectivity index (χ3v) is 7.33. The van der Waals surface area contributed by atoms with Crippen molar-refractivity contribution in [3.05, 3.63) is 65.8 Å². The Kier molecular flexibility index (Phi) is 5.87. The molecule has 151 valence electrons. The Morgan fingerprint density at radius 1 is 1.21 bits per heavy atom. The van der Waals surface area contributed by atoms with Gasteiger partial charge in [0.2, 0.25) is 10.0 Å². The van der Waals surface area contributed by atoms with E-state index in [9.17, 15) is 12.8 Å². The first kappa shape index (κ1) is 20.9. The van der Waals surface area contributed by atoms with Gasteiger partial charge in [-0.1, -0.05) is 19.1 Å². The minimum absolute atomic E-state index is 0.105. The smallest absolute Gasteiger partial charge is 0.211 e. The Balaban J connectivity index is 2.16. The van der Waals surface area contributed by atoms with Crippen LogP contribution in [0.15, 0.2) is 30.6 Å². The summed E-state index contributed by atoms with van der Waals surface area (Å²) in [6, 6.07) is 6.66. The summed E-state index contributed by atoms with van der Waals surface area (Å²) >= 11 is 0. The first-order chi connectivity index (χ1) is 13.2. The van der Waals surface area contributed by atoms with Crippen molar-refractivity contribution in [2.24, 2.45) is 5.92 Å². The molecule has 1 saturated heterocycles. The molecule has 0 N–H and O–H groups in total. The number of halogens is 1. The summed E-state index contributed by atoms with van der Waals surface area (Å²) in [5.74, 6) is -0.191. The van der Waals surface area contributed by atoms with E-state index in [1.54, 1.807) is 18.5 Å². The predicted octanol–water partition coefficient (Wildman–Crippen LogP) is 3.41. The predicted molar refractivity (Wildman–Crippen MR) is 108 cm³/mol. The number of aromatic nitrogens is 2. The number of benzene rings is 1. The van der Waals surface area contributed by atoms with Crippen molar-refractivity contribution in [1.82, 2.24) is 14.3 Å². The molecule has 0 bridgehead atoms. The van der Waals surface area contributed by atoms with E-state index >= 15 is 0 Å². The number of hydrogen-bond donors (Lipinski definition) is 0. The minimum Gasteiger partial charge on any atom is -0.241 e. The van der Waals surface area contributed by atoms with Crippen molar-refractivity contribution in [2.75, 3.05) is 19.3 Å². The zero-order valence-corrected chi connectivity index (χ0v) is 17.5. The highest BCUT2D eigenvalue weighted by Crippen LogP contribution is 2.48. The molecular formula is C21H27FN3O2S. The number of piperidine rings is 1. The molecule has 1 atom stereocenters. The van der Waals surface area contributed by atoms with E-state index in [0.29, 0.717) is 32.4 Å². The van der Waals surface area contributed by atoms with Crippen LogP contribution in [0.25, 0.3) is 0 Å². The molecule has 0 amide bonds. The van der Waals surface area contributed by atoms with Crippen molar-refractivity contribution >= 4 is 10.0 Å². The van der Waals surface area contributed by atoms with E-state index in [1.807, 2.05) is 19.9 Å². The van der Waals surface area contributed by atoms with E-state index in [4.69, 9.17) is 0 Å². The molecule has 1 aromatic carbocycles. The number of sulfonamides is 1.